The molecule has 8 heteroatoms. The molecule has 0 spiro atoms. The third-order valence-electron chi connectivity index (χ3n) is 4.07. The quantitative estimate of drug-likeness (QED) is 0.485. The van der Waals surface area contributed by atoms with Gasteiger partial charge in [0, 0.05) is 14.9 Å². The number of aromatic amines is 1. The minimum Gasteiger partial charge on any atom is -0.493 e. The molecule has 1 aromatic heterocycles. The van der Waals surface area contributed by atoms with Crippen LogP contribution in [0.3, 0.4) is 0 Å². The Hall–Kier alpha value is -2.38. The van der Waals surface area contributed by atoms with Crippen molar-refractivity contribution in [3.05, 3.63) is 50.5 Å². The molecule has 1 amide bonds. The molecular weight excluding hydrogens is 434 g/mol. The summed E-state index contributed by atoms with van der Waals surface area (Å²) in [6.45, 7) is 5.38. The van der Waals surface area contributed by atoms with Gasteiger partial charge in [-0.25, -0.2) is 0 Å². The van der Waals surface area contributed by atoms with Crippen molar-refractivity contribution in [3.8, 4) is 11.6 Å². The second-order valence-electron chi connectivity index (χ2n) is 6.22. The maximum atomic E-state index is 12.0. The van der Waals surface area contributed by atoms with Gasteiger partial charge in [-0.05, 0) is 61.7 Å². The van der Waals surface area contributed by atoms with Crippen molar-refractivity contribution in [2.45, 2.75) is 20.8 Å². The van der Waals surface area contributed by atoms with Crippen LogP contribution >= 0.6 is 27.5 Å². The van der Waals surface area contributed by atoms with Crippen molar-refractivity contribution in [3.63, 3.8) is 0 Å². The summed E-state index contributed by atoms with van der Waals surface area (Å²) in [5.74, 6) is -0.180. The maximum absolute atomic E-state index is 12.0. The van der Waals surface area contributed by atoms with E-state index < -0.39 is 5.91 Å². The first-order valence-corrected chi connectivity index (χ1v) is 9.28. The number of ether oxygens (including phenoxy) is 1. The number of fused-ring (bicyclic) bond motifs is 1. The number of rotatable bonds is 4. The molecule has 6 nitrogen and oxygen atoms in total. The normalized spacial score (nSPS) is 11.4. The van der Waals surface area contributed by atoms with Gasteiger partial charge in [0.2, 0.25) is 5.88 Å². The molecule has 0 saturated heterocycles. The van der Waals surface area contributed by atoms with Crippen LogP contribution in [0.4, 0.5) is 5.69 Å². The van der Waals surface area contributed by atoms with Crippen LogP contribution in [0, 0.1) is 20.8 Å². The minimum atomic E-state index is -0.567. The van der Waals surface area contributed by atoms with E-state index in [-0.39, 0.29) is 18.2 Å². The van der Waals surface area contributed by atoms with E-state index in [0.29, 0.717) is 21.7 Å². The van der Waals surface area contributed by atoms with Crippen molar-refractivity contribution in [1.29, 1.82) is 0 Å². The van der Waals surface area contributed by atoms with E-state index in [2.05, 4.69) is 31.1 Å². The molecule has 2 aromatic carbocycles. The van der Waals surface area contributed by atoms with Crippen molar-refractivity contribution < 1.29 is 14.6 Å². The predicted octanol–water partition coefficient (Wildman–Crippen LogP) is 5.90. The zero-order valence-electron chi connectivity index (χ0n) is 14.9. The average molecular weight is 451 g/mol. The SMILES string of the molecule is Cc1cc2c(N=NC(=O)COc3cc(C)c(Cl)c(C)c3)c(O)[nH]c2cc1Br. The number of carbonyl (C=O) groups excluding carboxylic acids is 1. The summed E-state index contributed by atoms with van der Waals surface area (Å²) in [7, 11) is 0. The zero-order chi connectivity index (χ0) is 19.7. The molecule has 1 heterocycles. The largest absolute Gasteiger partial charge is 0.493 e. The number of hydrogen-bond acceptors (Lipinski definition) is 4. The summed E-state index contributed by atoms with van der Waals surface area (Å²) in [5.41, 5.74) is 3.61. The van der Waals surface area contributed by atoms with Crippen molar-refractivity contribution in [2.24, 2.45) is 10.2 Å². The fraction of sp³-hybridized carbons (Fsp3) is 0.211. The molecule has 0 saturated carbocycles. The lowest BCUT2D eigenvalue weighted by Crippen LogP contribution is -2.08. The van der Waals surface area contributed by atoms with Gasteiger partial charge in [-0.1, -0.05) is 27.5 Å². The van der Waals surface area contributed by atoms with Gasteiger partial charge in [-0.2, -0.15) is 0 Å². The third-order valence-corrected chi connectivity index (χ3v) is 5.52. The average Bonchev–Trinajstić information content (AvgIpc) is 2.90. The number of halogens is 2. The number of nitrogens with zero attached hydrogens (tertiary/aromatic N) is 2. The summed E-state index contributed by atoms with van der Waals surface area (Å²) >= 11 is 9.55. The van der Waals surface area contributed by atoms with Crippen LogP contribution < -0.4 is 4.74 Å². The number of aryl methyl sites for hydroxylation is 3. The molecule has 0 fully saturated rings. The number of nitrogens with one attached hydrogen (secondary N) is 1. The standard InChI is InChI=1S/C19H17BrClN3O3/c1-9-6-13-15(7-14(9)20)22-19(26)18(13)24-23-16(25)8-27-12-4-10(2)17(21)11(3)5-12/h4-7,22,26H,8H2,1-3H3. The molecule has 0 unspecified atom stereocenters. The lowest BCUT2D eigenvalue weighted by molar-refractivity contribution is -0.120. The number of aromatic hydroxyl groups is 1. The molecule has 0 bridgehead atoms. The Morgan fingerprint density at radius 1 is 1.19 bits per heavy atom. The number of amides is 1. The minimum absolute atomic E-state index is 0.149. The Morgan fingerprint density at radius 2 is 1.85 bits per heavy atom. The lowest BCUT2D eigenvalue weighted by atomic mass is 10.1. The topological polar surface area (TPSA) is 87.0 Å². The summed E-state index contributed by atoms with van der Waals surface area (Å²) in [4.78, 5) is 14.8. The summed E-state index contributed by atoms with van der Waals surface area (Å²) in [6, 6.07) is 7.20. The highest BCUT2D eigenvalue weighted by molar-refractivity contribution is 9.10. The number of carbonyl (C=O) groups is 1. The number of benzene rings is 2. The van der Waals surface area contributed by atoms with E-state index in [4.69, 9.17) is 16.3 Å². The second-order valence-corrected chi connectivity index (χ2v) is 7.45. The van der Waals surface area contributed by atoms with Crippen molar-refractivity contribution in [2.75, 3.05) is 6.61 Å². The third kappa shape index (κ3) is 4.14. The van der Waals surface area contributed by atoms with Crippen LogP contribution in [-0.2, 0) is 4.79 Å². The Kier molecular flexibility index (Phi) is 5.53. The van der Waals surface area contributed by atoms with E-state index in [9.17, 15) is 9.90 Å². The highest BCUT2D eigenvalue weighted by atomic mass is 79.9. The lowest BCUT2D eigenvalue weighted by Gasteiger charge is -2.08. The Labute approximate surface area is 169 Å². The smallest absolute Gasteiger partial charge is 0.302 e. The van der Waals surface area contributed by atoms with E-state index in [1.807, 2.05) is 32.9 Å². The Morgan fingerprint density at radius 3 is 2.52 bits per heavy atom. The molecule has 0 radical (unpaired) electrons. The first-order valence-electron chi connectivity index (χ1n) is 8.11. The molecule has 2 N–H and O–H groups in total. The van der Waals surface area contributed by atoms with Gasteiger partial charge in [-0.3, -0.25) is 4.79 Å². The molecule has 27 heavy (non-hydrogen) atoms. The number of H-pyrrole nitrogens is 1. The molecular formula is C19H17BrClN3O3. The van der Waals surface area contributed by atoms with Gasteiger partial charge in [-0.15, -0.1) is 10.2 Å². The number of hydrogen-bond donors (Lipinski definition) is 2. The summed E-state index contributed by atoms with van der Waals surface area (Å²) < 4.78 is 6.37. The van der Waals surface area contributed by atoms with Gasteiger partial charge in [0.15, 0.2) is 12.3 Å². The van der Waals surface area contributed by atoms with E-state index in [1.165, 1.54) is 0 Å². The van der Waals surface area contributed by atoms with Crippen molar-refractivity contribution in [1.82, 2.24) is 4.98 Å². The molecule has 3 aromatic rings. The predicted molar refractivity (Wildman–Crippen MR) is 108 cm³/mol. The fourth-order valence-electron chi connectivity index (χ4n) is 2.67. The molecule has 0 aliphatic carbocycles. The van der Waals surface area contributed by atoms with Gasteiger partial charge in [0.25, 0.3) is 0 Å². The van der Waals surface area contributed by atoms with Gasteiger partial charge < -0.3 is 14.8 Å². The highest BCUT2D eigenvalue weighted by Crippen LogP contribution is 2.37. The molecule has 0 atom stereocenters. The van der Waals surface area contributed by atoms with E-state index in [0.717, 1.165) is 21.2 Å². The Balaban J connectivity index is 1.75. The van der Waals surface area contributed by atoms with Gasteiger partial charge in [0.1, 0.15) is 5.75 Å². The van der Waals surface area contributed by atoms with Crippen LogP contribution in [0.1, 0.15) is 16.7 Å². The summed E-state index contributed by atoms with van der Waals surface area (Å²) in [5, 5.41) is 18.9. The van der Waals surface area contributed by atoms with Crippen LogP contribution in [0.15, 0.2) is 39.0 Å². The maximum Gasteiger partial charge on any atom is 0.302 e. The number of azo groups is 1. The van der Waals surface area contributed by atoms with Crippen LogP contribution in [0.25, 0.3) is 10.9 Å². The zero-order valence-corrected chi connectivity index (χ0v) is 17.3. The molecule has 140 valence electrons. The molecule has 0 aliphatic rings. The van der Waals surface area contributed by atoms with E-state index >= 15 is 0 Å². The first-order chi connectivity index (χ1) is 12.8. The van der Waals surface area contributed by atoms with Crippen LogP contribution in [0.5, 0.6) is 11.6 Å². The van der Waals surface area contributed by atoms with Gasteiger partial charge in [0.05, 0.1) is 5.52 Å². The monoisotopic (exact) mass is 449 g/mol. The second kappa shape index (κ2) is 7.70. The number of aromatic nitrogens is 1. The fourth-order valence-corrected chi connectivity index (χ4v) is 3.12. The summed E-state index contributed by atoms with van der Waals surface area (Å²) in [6.07, 6.45) is 0. The van der Waals surface area contributed by atoms with Crippen LogP contribution in [-0.4, -0.2) is 22.6 Å². The molecule has 0 aliphatic heterocycles. The van der Waals surface area contributed by atoms with E-state index in [1.54, 1.807) is 12.1 Å². The highest BCUT2D eigenvalue weighted by Gasteiger charge is 2.13. The Bertz CT molecular complexity index is 1050. The molecule has 3 rings (SSSR count). The first kappa shape index (κ1) is 19.4. The van der Waals surface area contributed by atoms with Crippen LogP contribution in [0.2, 0.25) is 5.02 Å². The van der Waals surface area contributed by atoms with Gasteiger partial charge >= 0.3 is 5.91 Å². The van der Waals surface area contributed by atoms with Crippen molar-refractivity contribution >= 4 is 50.0 Å².